The summed E-state index contributed by atoms with van der Waals surface area (Å²) >= 11 is 0. The van der Waals surface area contributed by atoms with Crippen LogP contribution < -0.4 is 0 Å². The maximum atomic E-state index is 12.7. The first-order valence-corrected chi connectivity index (χ1v) is 8.41. The van der Waals surface area contributed by atoms with Crippen LogP contribution in [-0.4, -0.2) is 49.2 Å². The largest absolute Gasteiger partial charge is 0.465 e. The molecule has 0 spiro atoms. The highest BCUT2D eigenvalue weighted by Crippen LogP contribution is 2.21. The molecule has 0 bridgehead atoms. The Morgan fingerprint density at radius 1 is 1.16 bits per heavy atom. The molecule has 1 fully saturated rings. The number of allylic oxidation sites excluding steroid dienone is 2. The molecule has 5 heteroatoms. The molecular formula is C20H21NO4. The predicted octanol–water partition coefficient (Wildman–Crippen LogP) is 2.43. The van der Waals surface area contributed by atoms with Crippen molar-refractivity contribution in [2.24, 2.45) is 5.92 Å². The number of rotatable bonds is 5. The molecular weight excluding hydrogens is 318 g/mol. The van der Waals surface area contributed by atoms with Crippen LogP contribution in [0.1, 0.15) is 33.6 Å². The van der Waals surface area contributed by atoms with Crippen LogP contribution in [0.5, 0.6) is 0 Å². The average molecular weight is 339 g/mol. The van der Waals surface area contributed by atoms with Gasteiger partial charge >= 0.3 is 5.97 Å². The smallest absolute Gasteiger partial charge is 0.337 e. The monoisotopic (exact) mass is 339 g/mol. The summed E-state index contributed by atoms with van der Waals surface area (Å²) in [6, 6.07) is 6.26. The van der Waals surface area contributed by atoms with Gasteiger partial charge in [-0.2, -0.15) is 0 Å². The van der Waals surface area contributed by atoms with Crippen LogP contribution in [0.15, 0.2) is 48.1 Å². The molecule has 2 aliphatic rings. The van der Waals surface area contributed by atoms with E-state index < -0.39 is 11.9 Å². The van der Waals surface area contributed by atoms with Crippen molar-refractivity contribution in [1.82, 2.24) is 4.90 Å². The minimum atomic E-state index is -0.628. The lowest BCUT2D eigenvalue weighted by Crippen LogP contribution is -2.25. The third-order valence-electron chi connectivity index (χ3n) is 4.59. The Labute approximate surface area is 147 Å². The summed E-state index contributed by atoms with van der Waals surface area (Å²) in [5.74, 6) is -1.30. The number of nitrogens with zero attached hydrogens (tertiary/aromatic N) is 1. The Bertz CT molecular complexity index is 745. The normalized spacial score (nSPS) is 20.4. The first-order chi connectivity index (χ1) is 12.1. The maximum Gasteiger partial charge on any atom is 0.337 e. The second kappa shape index (κ2) is 7.57. The Hall–Kier alpha value is -2.53. The third-order valence-corrected chi connectivity index (χ3v) is 4.59. The van der Waals surface area contributed by atoms with Gasteiger partial charge in [0.15, 0.2) is 11.6 Å². The van der Waals surface area contributed by atoms with Gasteiger partial charge in [0.1, 0.15) is 0 Å². The number of ketones is 2. The summed E-state index contributed by atoms with van der Waals surface area (Å²) < 4.78 is 4.64. The molecule has 1 aliphatic heterocycles. The number of benzene rings is 1. The lowest BCUT2D eigenvalue weighted by Gasteiger charge is -2.16. The summed E-state index contributed by atoms with van der Waals surface area (Å²) in [5.41, 5.74) is 2.04. The first kappa shape index (κ1) is 17.3. The summed E-state index contributed by atoms with van der Waals surface area (Å²) in [7, 11) is 1.31. The van der Waals surface area contributed by atoms with Crippen molar-refractivity contribution < 1.29 is 19.1 Å². The molecule has 0 amide bonds. The Morgan fingerprint density at radius 3 is 2.52 bits per heavy atom. The highest BCUT2D eigenvalue weighted by atomic mass is 16.5. The van der Waals surface area contributed by atoms with E-state index in [0.29, 0.717) is 30.8 Å². The highest BCUT2D eigenvalue weighted by Gasteiger charge is 2.36. The van der Waals surface area contributed by atoms with E-state index >= 15 is 0 Å². The van der Waals surface area contributed by atoms with Gasteiger partial charge in [-0.3, -0.25) is 14.5 Å². The van der Waals surface area contributed by atoms with Crippen molar-refractivity contribution in [3.05, 3.63) is 59.2 Å². The van der Waals surface area contributed by atoms with E-state index in [-0.39, 0.29) is 11.6 Å². The van der Waals surface area contributed by atoms with E-state index in [1.807, 2.05) is 4.90 Å². The third kappa shape index (κ3) is 3.94. The second-order valence-corrected chi connectivity index (χ2v) is 6.38. The van der Waals surface area contributed by atoms with Gasteiger partial charge in [-0.05, 0) is 30.5 Å². The first-order valence-electron chi connectivity index (χ1n) is 8.41. The molecule has 1 aromatic rings. The number of hydrogen-bond acceptors (Lipinski definition) is 5. The molecule has 0 N–H and O–H groups in total. The van der Waals surface area contributed by atoms with Crippen LogP contribution in [0.4, 0.5) is 0 Å². The number of hydrogen-bond donors (Lipinski definition) is 0. The van der Waals surface area contributed by atoms with E-state index in [9.17, 15) is 14.4 Å². The summed E-state index contributed by atoms with van der Waals surface area (Å²) in [4.78, 5) is 38.4. The van der Waals surface area contributed by atoms with E-state index in [1.54, 1.807) is 24.3 Å². The molecule has 0 aromatic heterocycles. The van der Waals surface area contributed by atoms with Crippen molar-refractivity contribution in [3.8, 4) is 0 Å². The highest BCUT2D eigenvalue weighted by molar-refractivity contribution is 6.12. The number of esters is 1. The lowest BCUT2D eigenvalue weighted by atomic mass is 9.95. The number of likely N-dealkylation sites (tertiary alicyclic amines) is 1. The van der Waals surface area contributed by atoms with Crippen LogP contribution >= 0.6 is 0 Å². The van der Waals surface area contributed by atoms with Crippen LogP contribution in [0, 0.1) is 5.92 Å². The zero-order valence-electron chi connectivity index (χ0n) is 14.2. The van der Waals surface area contributed by atoms with Gasteiger partial charge in [-0.1, -0.05) is 30.4 Å². The van der Waals surface area contributed by atoms with Crippen LogP contribution in [0.3, 0.4) is 0 Å². The SMILES string of the molecule is COC(=O)c1ccc(C(=O)C2CN(CC3=CCCC=C3)CC2=O)cc1. The van der Waals surface area contributed by atoms with Gasteiger partial charge in [0.25, 0.3) is 0 Å². The molecule has 1 atom stereocenters. The minimum Gasteiger partial charge on any atom is -0.465 e. The lowest BCUT2D eigenvalue weighted by molar-refractivity contribution is -0.118. The molecule has 0 saturated carbocycles. The molecule has 1 aliphatic carbocycles. The Kier molecular flexibility index (Phi) is 5.24. The van der Waals surface area contributed by atoms with Crippen LogP contribution in [-0.2, 0) is 9.53 Å². The summed E-state index contributed by atoms with van der Waals surface area (Å²) in [6.45, 7) is 1.46. The predicted molar refractivity (Wildman–Crippen MR) is 93.5 cm³/mol. The number of carbonyl (C=O) groups is 3. The molecule has 1 saturated heterocycles. The molecule has 3 rings (SSSR count). The molecule has 5 nitrogen and oxygen atoms in total. The van der Waals surface area contributed by atoms with E-state index in [0.717, 1.165) is 12.8 Å². The van der Waals surface area contributed by atoms with Crippen LogP contribution in [0.2, 0.25) is 0 Å². The molecule has 1 heterocycles. The van der Waals surface area contributed by atoms with Crippen molar-refractivity contribution in [1.29, 1.82) is 0 Å². The van der Waals surface area contributed by atoms with Gasteiger partial charge in [0, 0.05) is 18.7 Å². The number of ether oxygens (including phenoxy) is 1. The van der Waals surface area contributed by atoms with Gasteiger partial charge < -0.3 is 4.74 Å². The standard InChI is InChI=1S/C20H21NO4/c1-25-20(24)16-9-7-15(8-10-16)19(23)17-12-21(13-18(17)22)11-14-5-3-2-4-6-14/h3,5-10,17H,2,4,11-13H2,1H3. The van der Waals surface area contributed by atoms with E-state index in [2.05, 4.69) is 23.0 Å². The quantitative estimate of drug-likeness (QED) is 0.468. The van der Waals surface area contributed by atoms with Crippen molar-refractivity contribution in [2.75, 3.05) is 26.7 Å². The molecule has 0 radical (unpaired) electrons. The summed E-state index contributed by atoms with van der Waals surface area (Å²) in [5, 5.41) is 0. The second-order valence-electron chi connectivity index (χ2n) is 6.38. The molecule has 1 unspecified atom stereocenters. The van der Waals surface area contributed by atoms with Gasteiger partial charge in [0.05, 0.1) is 25.1 Å². The summed E-state index contributed by atoms with van der Waals surface area (Å²) in [6.07, 6.45) is 8.51. The fourth-order valence-electron chi connectivity index (χ4n) is 3.24. The van der Waals surface area contributed by atoms with E-state index in [4.69, 9.17) is 0 Å². The van der Waals surface area contributed by atoms with Gasteiger partial charge in [0.2, 0.25) is 0 Å². The number of Topliss-reactive ketones (excluding diaryl/α,β-unsaturated/α-hetero) is 2. The Morgan fingerprint density at radius 2 is 1.88 bits per heavy atom. The zero-order valence-corrected chi connectivity index (χ0v) is 14.2. The fourth-order valence-corrected chi connectivity index (χ4v) is 3.24. The van der Waals surface area contributed by atoms with Gasteiger partial charge in [-0.25, -0.2) is 4.79 Å². The maximum absolute atomic E-state index is 12.7. The minimum absolute atomic E-state index is 0.0394. The number of methoxy groups -OCH3 is 1. The molecule has 1 aromatic carbocycles. The van der Waals surface area contributed by atoms with Crippen molar-refractivity contribution >= 4 is 17.5 Å². The zero-order chi connectivity index (χ0) is 17.8. The van der Waals surface area contributed by atoms with Crippen LogP contribution in [0.25, 0.3) is 0 Å². The fraction of sp³-hybridized carbons (Fsp3) is 0.350. The van der Waals surface area contributed by atoms with Crippen molar-refractivity contribution in [2.45, 2.75) is 12.8 Å². The average Bonchev–Trinajstić information content (AvgIpc) is 3.01. The Balaban J connectivity index is 1.65. The number of carbonyl (C=O) groups excluding carboxylic acids is 3. The van der Waals surface area contributed by atoms with E-state index in [1.165, 1.54) is 12.7 Å². The molecule has 25 heavy (non-hydrogen) atoms. The topological polar surface area (TPSA) is 63.7 Å². The van der Waals surface area contributed by atoms with Crippen molar-refractivity contribution in [3.63, 3.8) is 0 Å². The van der Waals surface area contributed by atoms with Gasteiger partial charge in [-0.15, -0.1) is 0 Å². The molecule has 130 valence electrons.